The number of amides is 3. The van der Waals surface area contributed by atoms with E-state index >= 15 is 0 Å². The summed E-state index contributed by atoms with van der Waals surface area (Å²) >= 11 is 0. The molecule has 134 valence electrons. The lowest BCUT2D eigenvalue weighted by atomic mass is 10.1. The highest BCUT2D eigenvalue weighted by atomic mass is 16.2. The van der Waals surface area contributed by atoms with Crippen LogP contribution < -0.4 is 10.2 Å². The van der Waals surface area contributed by atoms with Crippen molar-refractivity contribution in [3.05, 3.63) is 71.3 Å². The van der Waals surface area contributed by atoms with E-state index in [0.29, 0.717) is 17.7 Å². The Labute approximate surface area is 152 Å². The molecule has 6 nitrogen and oxygen atoms in total. The summed E-state index contributed by atoms with van der Waals surface area (Å²) in [5, 5.41) is 2.95. The third kappa shape index (κ3) is 3.65. The van der Waals surface area contributed by atoms with E-state index in [4.69, 9.17) is 0 Å². The van der Waals surface area contributed by atoms with Crippen LogP contribution in [-0.4, -0.2) is 49.8 Å². The molecule has 6 heteroatoms. The van der Waals surface area contributed by atoms with Gasteiger partial charge in [-0.2, -0.15) is 0 Å². The SMILES string of the molecule is C[NH+](C)C[C@H](NC(=O)CN1C(=O)c2ccccc2C1=O)c1ccccc1. The third-order valence-corrected chi connectivity index (χ3v) is 4.33. The van der Waals surface area contributed by atoms with Gasteiger partial charge in [0.2, 0.25) is 5.91 Å². The van der Waals surface area contributed by atoms with Gasteiger partial charge in [-0.05, 0) is 17.7 Å². The summed E-state index contributed by atoms with van der Waals surface area (Å²) in [5.41, 5.74) is 1.69. The summed E-state index contributed by atoms with van der Waals surface area (Å²) in [6.07, 6.45) is 0. The summed E-state index contributed by atoms with van der Waals surface area (Å²) in [5.74, 6) is -1.19. The Hall–Kier alpha value is -2.99. The quantitative estimate of drug-likeness (QED) is 0.734. The highest BCUT2D eigenvalue weighted by molar-refractivity contribution is 6.22. The highest BCUT2D eigenvalue weighted by Gasteiger charge is 2.36. The van der Waals surface area contributed by atoms with Gasteiger partial charge in [0.05, 0.1) is 25.2 Å². The standard InChI is InChI=1S/C20H21N3O3/c1-22(2)12-17(14-8-4-3-5-9-14)21-18(24)13-23-19(25)15-10-6-7-11-16(15)20(23)26/h3-11,17H,12-13H2,1-2H3,(H,21,24)/p+1/t17-/m0/s1. The molecule has 0 aromatic heterocycles. The van der Waals surface area contributed by atoms with Crippen LogP contribution in [-0.2, 0) is 4.79 Å². The van der Waals surface area contributed by atoms with Crippen molar-refractivity contribution in [3.8, 4) is 0 Å². The normalized spacial score (nSPS) is 14.5. The Morgan fingerprint density at radius 1 is 0.962 bits per heavy atom. The largest absolute Gasteiger partial charge is 0.342 e. The molecule has 0 spiro atoms. The minimum atomic E-state index is -0.421. The topological polar surface area (TPSA) is 70.9 Å². The van der Waals surface area contributed by atoms with Crippen LogP contribution in [0.25, 0.3) is 0 Å². The number of nitrogens with one attached hydrogen (secondary N) is 2. The molecule has 1 aliphatic rings. The summed E-state index contributed by atoms with van der Waals surface area (Å²) in [6.45, 7) is 0.413. The van der Waals surface area contributed by atoms with Crippen molar-refractivity contribution in [2.75, 3.05) is 27.2 Å². The minimum absolute atomic E-state index is 0.191. The first-order valence-electron chi connectivity index (χ1n) is 8.56. The predicted octanol–water partition coefficient (Wildman–Crippen LogP) is 0.285. The van der Waals surface area contributed by atoms with Crippen LogP contribution in [0.1, 0.15) is 32.3 Å². The van der Waals surface area contributed by atoms with Gasteiger partial charge < -0.3 is 10.2 Å². The minimum Gasteiger partial charge on any atom is -0.342 e. The molecule has 1 atom stereocenters. The second kappa shape index (κ2) is 7.49. The van der Waals surface area contributed by atoms with Crippen molar-refractivity contribution in [1.29, 1.82) is 0 Å². The van der Waals surface area contributed by atoms with Gasteiger partial charge in [-0.25, -0.2) is 0 Å². The van der Waals surface area contributed by atoms with E-state index in [1.165, 1.54) is 4.90 Å². The van der Waals surface area contributed by atoms with E-state index in [0.717, 1.165) is 10.5 Å². The van der Waals surface area contributed by atoms with Gasteiger partial charge in [0.15, 0.2) is 0 Å². The van der Waals surface area contributed by atoms with Crippen LogP contribution in [0.4, 0.5) is 0 Å². The molecule has 0 fully saturated rings. The molecule has 2 aromatic carbocycles. The van der Waals surface area contributed by atoms with Crippen LogP contribution >= 0.6 is 0 Å². The Kier molecular flexibility index (Phi) is 5.14. The number of imide groups is 1. The van der Waals surface area contributed by atoms with E-state index in [1.54, 1.807) is 24.3 Å². The number of nitrogens with zero attached hydrogens (tertiary/aromatic N) is 1. The fourth-order valence-electron chi connectivity index (χ4n) is 3.11. The molecule has 3 rings (SSSR count). The zero-order valence-electron chi connectivity index (χ0n) is 14.9. The molecule has 26 heavy (non-hydrogen) atoms. The van der Waals surface area contributed by atoms with Crippen molar-refractivity contribution in [2.24, 2.45) is 0 Å². The number of quaternary nitrogens is 1. The monoisotopic (exact) mass is 352 g/mol. The van der Waals surface area contributed by atoms with Crippen molar-refractivity contribution in [3.63, 3.8) is 0 Å². The summed E-state index contributed by atoms with van der Waals surface area (Å²) in [4.78, 5) is 39.5. The van der Waals surface area contributed by atoms with Gasteiger partial charge in [-0.15, -0.1) is 0 Å². The predicted molar refractivity (Wildman–Crippen MR) is 96.8 cm³/mol. The number of fused-ring (bicyclic) bond motifs is 1. The number of hydrogen-bond acceptors (Lipinski definition) is 3. The molecule has 1 heterocycles. The second-order valence-corrected chi connectivity index (χ2v) is 6.68. The fraction of sp³-hybridized carbons (Fsp3) is 0.250. The fourth-order valence-corrected chi connectivity index (χ4v) is 3.11. The maximum Gasteiger partial charge on any atom is 0.262 e. The number of likely N-dealkylation sites (N-methyl/N-ethyl adjacent to an activating group) is 1. The Bertz CT molecular complexity index is 798. The van der Waals surface area contributed by atoms with E-state index in [2.05, 4.69) is 5.32 Å². The van der Waals surface area contributed by atoms with E-state index in [-0.39, 0.29) is 18.5 Å². The number of benzene rings is 2. The number of carbonyl (C=O) groups is 3. The van der Waals surface area contributed by atoms with Crippen LogP contribution in [0.5, 0.6) is 0 Å². The summed E-state index contributed by atoms with van der Waals surface area (Å²) in [7, 11) is 4.01. The lowest BCUT2D eigenvalue weighted by Gasteiger charge is -2.22. The van der Waals surface area contributed by atoms with Gasteiger partial charge >= 0.3 is 0 Å². The van der Waals surface area contributed by atoms with Gasteiger partial charge in [0, 0.05) is 0 Å². The molecular formula is C20H22N3O3+. The van der Waals surface area contributed by atoms with Crippen LogP contribution in [0, 0.1) is 0 Å². The Balaban J connectivity index is 1.71. The van der Waals surface area contributed by atoms with Crippen molar-refractivity contribution in [2.45, 2.75) is 6.04 Å². The average Bonchev–Trinajstić information content (AvgIpc) is 2.87. The Morgan fingerprint density at radius 3 is 2.04 bits per heavy atom. The molecule has 0 unspecified atom stereocenters. The molecule has 2 N–H and O–H groups in total. The lowest BCUT2D eigenvalue weighted by molar-refractivity contribution is -0.860. The van der Waals surface area contributed by atoms with Crippen molar-refractivity contribution < 1.29 is 19.3 Å². The molecule has 0 aliphatic carbocycles. The van der Waals surface area contributed by atoms with Crippen molar-refractivity contribution in [1.82, 2.24) is 10.2 Å². The van der Waals surface area contributed by atoms with Crippen LogP contribution in [0.2, 0.25) is 0 Å². The van der Waals surface area contributed by atoms with Gasteiger partial charge in [-0.3, -0.25) is 19.3 Å². The smallest absolute Gasteiger partial charge is 0.262 e. The Morgan fingerprint density at radius 2 is 1.50 bits per heavy atom. The van der Waals surface area contributed by atoms with Crippen LogP contribution in [0.15, 0.2) is 54.6 Å². The molecule has 3 amide bonds. The second-order valence-electron chi connectivity index (χ2n) is 6.68. The van der Waals surface area contributed by atoms with Gasteiger partial charge in [0.1, 0.15) is 19.1 Å². The number of rotatable bonds is 6. The maximum atomic E-state index is 12.5. The maximum absolute atomic E-state index is 12.5. The highest BCUT2D eigenvalue weighted by Crippen LogP contribution is 2.22. The first-order chi connectivity index (χ1) is 12.5. The third-order valence-electron chi connectivity index (χ3n) is 4.33. The van der Waals surface area contributed by atoms with E-state index < -0.39 is 11.8 Å². The molecule has 0 radical (unpaired) electrons. The molecule has 0 saturated carbocycles. The zero-order chi connectivity index (χ0) is 18.7. The van der Waals surface area contributed by atoms with E-state index in [9.17, 15) is 14.4 Å². The average molecular weight is 352 g/mol. The number of hydrogen-bond donors (Lipinski definition) is 2. The molecule has 2 aromatic rings. The van der Waals surface area contributed by atoms with Gasteiger partial charge in [-0.1, -0.05) is 42.5 Å². The zero-order valence-corrected chi connectivity index (χ0v) is 14.9. The molecular weight excluding hydrogens is 330 g/mol. The van der Waals surface area contributed by atoms with Gasteiger partial charge in [0.25, 0.3) is 11.8 Å². The lowest BCUT2D eigenvalue weighted by Crippen LogP contribution is -3.06. The molecule has 0 bridgehead atoms. The first-order valence-corrected chi connectivity index (χ1v) is 8.56. The summed E-state index contributed by atoms with van der Waals surface area (Å²) < 4.78 is 0. The van der Waals surface area contributed by atoms with Crippen LogP contribution in [0.3, 0.4) is 0 Å². The molecule has 0 saturated heterocycles. The van der Waals surface area contributed by atoms with Crippen molar-refractivity contribution >= 4 is 17.7 Å². The molecule has 1 aliphatic heterocycles. The first kappa shape index (κ1) is 17.8. The van der Waals surface area contributed by atoms with E-state index in [1.807, 2.05) is 44.4 Å². The number of carbonyl (C=O) groups excluding carboxylic acids is 3. The summed E-state index contributed by atoms with van der Waals surface area (Å²) in [6, 6.07) is 16.1.